The van der Waals surface area contributed by atoms with Crippen LogP contribution in [0.25, 0.3) is 6.08 Å². The number of hydrogen-bond donors (Lipinski definition) is 1. The summed E-state index contributed by atoms with van der Waals surface area (Å²) in [6, 6.07) is 3.39. The third-order valence-electron chi connectivity index (χ3n) is 2.93. The highest BCUT2D eigenvalue weighted by Gasteiger charge is 2.22. The van der Waals surface area contributed by atoms with E-state index in [0.717, 1.165) is 0 Å². The minimum atomic E-state index is -0.567. The molecule has 0 aliphatic carbocycles. The first-order valence-corrected chi connectivity index (χ1v) is 6.13. The number of carbonyl (C=O) groups excluding carboxylic acids is 1. The summed E-state index contributed by atoms with van der Waals surface area (Å²) in [5.74, 6) is 0.474. The summed E-state index contributed by atoms with van der Waals surface area (Å²) < 4.78 is 6.99. The lowest BCUT2D eigenvalue weighted by atomic mass is 10.3. The highest BCUT2D eigenvalue weighted by Crippen LogP contribution is 2.23. The maximum absolute atomic E-state index is 10.9. The van der Waals surface area contributed by atoms with Crippen LogP contribution in [0.4, 0.5) is 5.69 Å². The maximum Gasteiger partial charge on any atom is 0.312 e. The lowest BCUT2D eigenvalue weighted by Crippen LogP contribution is -2.05. The van der Waals surface area contributed by atoms with E-state index in [1.54, 1.807) is 26.0 Å². The van der Waals surface area contributed by atoms with Crippen LogP contribution >= 0.6 is 0 Å². The zero-order valence-corrected chi connectivity index (χ0v) is 11.6. The number of amides is 1. The fraction of sp³-hybridized carbons (Fsp3) is 0.231. The molecule has 0 aliphatic rings. The van der Waals surface area contributed by atoms with Gasteiger partial charge in [0.25, 0.3) is 0 Å². The van der Waals surface area contributed by atoms with Crippen molar-refractivity contribution in [1.29, 1.82) is 0 Å². The van der Waals surface area contributed by atoms with Crippen LogP contribution in [0.2, 0.25) is 0 Å². The molecule has 2 N–H and O–H groups in total. The summed E-state index contributed by atoms with van der Waals surface area (Å²) in [5, 5.41) is 15.1. The molecule has 0 atom stereocenters. The van der Waals surface area contributed by atoms with Crippen LogP contribution in [0.3, 0.4) is 0 Å². The van der Waals surface area contributed by atoms with Crippen molar-refractivity contribution >= 4 is 17.7 Å². The van der Waals surface area contributed by atoms with Crippen LogP contribution in [0.1, 0.15) is 22.9 Å². The first-order valence-electron chi connectivity index (χ1n) is 6.13. The lowest BCUT2D eigenvalue weighted by molar-refractivity contribution is -0.386. The Morgan fingerprint density at radius 1 is 1.52 bits per heavy atom. The lowest BCUT2D eigenvalue weighted by Gasteiger charge is -2.00. The van der Waals surface area contributed by atoms with Gasteiger partial charge in [0.1, 0.15) is 22.9 Å². The van der Waals surface area contributed by atoms with Crippen LogP contribution < -0.4 is 5.73 Å². The second-order valence-corrected chi connectivity index (χ2v) is 4.47. The van der Waals surface area contributed by atoms with Crippen LogP contribution in [0.5, 0.6) is 0 Å². The summed E-state index contributed by atoms with van der Waals surface area (Å²) in [5.41, 5.74) is 5.82. The largest absolute Gasteiger partial charge is 0.460 e. The van der Waals surface area contributed by atoms with E-state index in [4.69, 9.17) is 10.2 Å². The number of nitrogens with two attached hydrogens (primary N) is 1. The molecule has 110 valence electrons. The molecule has 0 aliphatic heterocycles. The minimum Gasteiger partial charge on any atom is -0.460 e. The van der Waals surface area contributed by atoms with E-state index in [9.17, 15) is 14.9 Å². The summed E-state index contributed by atoms with van der Waals surface area (Å²) in [4.78, 5) is 21.1. The smallest absolute Gasteiger partial charge is 0.312 e. The Bertz CT molecular complexity index is 727. The molecule has 21 heavy (non-hydrogen) atoms. The SMILES string of the molecule is Cc1nn(Cc2ccc(/C=C\C(N)=O)o2)c(C)c1[N+](=O)[O-]. The number of nitro groups is 1. The fourth-order valence-corrected chi connectivity index (χ4v) is 1.99. The zero-order chi connectivity index (χ0) is 15.6. The molecule has 0 aromatic carbocycles. The normalized spacial score (nSPS) is 11.1. The molecular weight excluding hydrogens is 276 g/mol. The minimum absolute atomic E-state index is 0.00963. The standard InChI is InChI=1S/C13H14N4O4/c1-8-13(17(19)20)9(2)16(15-8)7-11-4-3-10(21-11)5-6-12(14)18/h3-6H,7H2,1-2H3,(H2,14,18)/b6-5-. The molecule has 2 rings (SSSR count). The molecule has 8 heteroatoms. The van der Waals surface area contributed by atoms with E-state index in [1.165, 1.54) is 16.8 Å². The van der Waals surface area contributed by atoms with Crippen LogP contribution in [-0.2, 0) is 11.3 Å². The predicted octanol–water partition coefficient (Wildman–Crippen LogP) is 1.55. The molecule has 0 saturated heterocycles. The average molecular weight is 290 g/mol. The summed E-state index contributed by atoms with van der Waals surface area (Å²) >= 11 is 0. The maximum atomic E-state index is 10.9. The van der Waals surface area contributed by atoms with Gasteiger partial charge in [0, 0.05) is 6.08 Å². The van der Waals surface area contributed by atoms with Gasteiger partial charge in [0.15, 0.2) is 0 Å². The summed E-state index contributed by atoms with van der Waals surface area (Å²) in [7, 11) is 0. The quantitative estimate of drug-likeness (QED) is 0.509. The fourth-order valence-electron chi connectivity index (χ4n) is 1.99. The second kappa shape index (κ2) is 5.61. The molecule has 2 aromatic heterocycles. The predicted molar refractivity (Wildman–Crippen MR) is 74.4 cm³/mol. The Kier molecular flexibility index (Phi) is 3.88. The van der Waals surface area contributed by atoms with Gasteiger partial charge in [-0.2, -0.15) is 5.10 Å². The van der Waals surface area contributed by atoms with Gasteiger partial charge in [-0.05, 0) is 32.1 Å². The molecule has 2 heterocycles. The van der Waals surface area contributed by atoms with Crippen molar-refractivity contribution in [3.63, 3.8) is 0 Å². The van der Waals surface area contributed by atoms with Crippen molar-refractivity contribution in [2.75, 3.05) is 0 Å². The van der Waals surface area contributed by atoms with E-state index in [-0.39, 0.29) is 12.2 Å². The number of carbonyl (C=O) groups is 1. The first-order chi connectivity index (χ1) is 9.88. The molecule has 8 nitrogen and oxygen atoms in total. The van der Waals surface area contributed by atoms with E-state index in [1.807, 2.05) is 0 Å². The number of hydrogen-bond acceptors (Lipinski definition) is 5. The zero-order valence-electron chi connectivity index (χ0n) is 11.6. The number of aryl methyl sites for hydroxylation is 1. The van der Waals surface area contributed by atoms with Gasteiger partial charge in [-0.15, -0.1) is 0 Å². The van der Waals surface area contributed by atoms with Crippen LogP contribution in [-0.4, -0.2) is 20.6 Å². The molecule has 0 fully saturated rings. The van der Waals surface area contributed by atoms with Crippen molar-refractivity contribution in [2.45, 2.75) is 20.4 Å². The molecule has 0 radical (unpaired) electrons. The number of furan rings is 1. The third kappa shape index (κ3) is 3.16. The van der Waals surface area contributed by atoms with Crippen molar-refractivity contribution in [3.8, 4) is 0 Å². The second-order valence-electron chi connectivity index (χ2n) is 4.47. The van der Waals surface area contributed by atoms with E-state index >= 15 is 0 Å². The van der Waals surface area contributed by atoms with E-state index < -0.39 is 10.8 Å². The Morgan fingerprint density at radius 2 is 2.24 bits per heavy atom. The first kappa shape index (κ1) is 14.5. The molecule has 0 saturated carbocycles. The molecule has 1 amide bonds. The van der Waals surface area contributed by atoms with Gasteiger partial charge in [-0.3, -0.25) is 19.6 Å². The number of aromatic nitrogens is 2. The number of nitrogens with zero attached hydrogens (tertiary/aromatic N) is 3. The molecular formula is C13H14N4O4. The number of rotatable bonds is 5. The topological polar surface area (TPSA) is 117 Å². The Hall–Kier alpha value is -2.90. The van der Waals surface area contributed by atoms with Crippen molar-refractivity contribution in [3.05, 3.63) is 51.2 Å². The van der Waals surface area contributed by atoms with E-state index in [0.29, 0.717) is 22.9 Å². The highest BCUT2D eigenvalue weighted by atomic mass is 16.6. The summed E-state index contributed by atoms with van der Waals surface area (Å²) in [6.07, 6.45) is 2.65. The van der Waals surface area contributed by atoms with Crippen LogP contribution in [0.15, 0.2) is 22.6 Å². The third-order valence-corrected chi connectivity index (χ3v) is 2.93. The van der Waals surface area contributed by atoms with Crippen molar-refractivity contribution in [1.82, 2.24) is 9.78 Å². The van der Waals surface area contributed by atoms with Crippen molar-refractivity contribution < 1.29 is 14.1 Å². The Labute approximate surface area is 120 Å². The van der Waals surface area contributed by atoms with Gasteiger partial charge >= 0.3 is 5.69 Å². The average Bonchev–Trinajstić information content (AvgIpc) is 2.93. The van der Waals surface area contributed by atoms with Gasteiger partial charge in [-0.25, -0.2) is 0 Å². The Balaban J connectivity index is 2.21. The molecule has 2 aromatic rings. The van der Waals surface area contributed by atoms with Gasteiger partial charge < -0.3 is 10.2 Å². The monoisotopic (exact) mass is 290 g/mol. The van der Waals surface area contributed by atoms with Gasteiger partial charge in [0.05, 0.1) is 11.5 Å². The highest BCUT2D eigenvalue weighted by molar-refractivity contribution is 5.89. The molecule has 0 bridgehead atoms. The summed E-state index contributed by atoms with van der Waals surface area (Å²) in [6.45, 7) is 3.49. The van der Waals surface area contributed by atoms with Crippen LogP contribution in [0, 0.1) is 24.0 Å². The number of primary amides is 1. The van der Waals surface area contributed by atoms with Gasteiger partial charge in [0.2, 0.25) is 5.91 Å². The molecule has 0 unspecified atom stereocenters. The van der Waals surface area contributed by atoms with Gasteiger partial charge in [-0.1, -0.05) is 0 Å². The molecule has 0 spiro atoms. The van der Waals surface area contributed by atoms with E-state index in [2.05, 4.69) is 5.10 Å². The Morgan fingerprint density at radius 3 is 2.81 bits per heavy atom. The van der Waals surface area contributed by atoms with Crippen molar-refractivity contribution in [2.24, 2.45) is 5.73 Å².